The molecule has 0 aliphatic rings. The van der Waals surface area contributed by atoms with Crippen molar-refractivity contribution in [2.24, 2.45) is 0 Å². The highest BCUT2D eigenvalue weighted by molar-refractivity contribution is 5.75. The van der Waals surface area contributed by atoms with Gasteiger partial charge < -0.3 is 9.47 Å². The average Bonchev–Trinajstić information content (AvgIpc) is 2.46. The van der Waals surface area contributed by atoms with Gasteiger partial charge in [-0.25, -0.2) is 8.78 Å². The summed E-state index contributed by atoms with van der Waals surface area (Å²) in [5.41, 5.74) is 0.581. The predicted octanol–water partition coefficient (Wildman–Crippen LogP) is 3.36. The van der Waals surface area contributed by atoms with Gasteiger partial charge in [0.15, 0.2) is 17.4 Å². The van der Waals surface area contributed by atoms with E-state index in [9.17, 15) is 13.6 Å². The molecule has 0 heterocycles. The molecule has 5 heteroatoms. The molecular formula is C15H12F2O3. The smallest absolute Gasteiger partial charge is 0.191 e. The van der Waals surface area contributed by atoms with Crippen LogP contribution in [0, 0.1) is 11.6 Å². The van der Waals surface area contributed by atoms with Crippen LogP contribution in [0.4, 0.5) is 8.78 Å². The number of methoxy groups -OCH3 is 1. The van der Waals surface area contributed by atoms with Crippen LogP contribution in [0.25, 0.3) is 0 Å². The Morgan fingerprint density at radius 3 is 2.40 bits per heavy atom. The minimum absolute atomic E-state index is 0.0434. The Kier molecular flexibility index (Phi) is 4.30. The molecule has 0 N–H and O–H groups in total. The van der Waals surface area contributed by atoms with Crippen molar-refractivity contribution in [3.05, 3.63) is 59.2 Å². The molecule has 2 aromatic rings. The summed E-state index contributed by atoms with van der Waals surface area (Å²) in [6.45, 7) is -0.0434. The number of carbonyl (C=O) groups is 1. The van der Waals surface area contributed by atoms with Crippen molar-refractivity contribution in [2.45, 2.75) is 6.61 Å². The zero-order chi connectivity index (χ0) is 14.5. The Hall–Kier alpha value is -2.43. The number of para-hydroxylation sites is 1. The monoisotopic (exact) mass is 278 g/mol. The zero-order valence-electron chi connectivity index (χ0n) is 10.7. The molecule has 0 atom stereocenters. The van der Waals surface area contributed by atoms with Crippen LogP contribution in [0.2, 0.25) is 0 Å². The maximum atomic E-state index is 13.6. The normalized spacial score (nSPS) is 10.2. The lowest BCUT2D eigenvalue weighted by atomic mass is 10.2. The van der Waals surface area contributed by atoms with E-state index in [-0.39, 0.29) is 12.2 Å². The summed E-state index contributed by atoms with van der Waals surface area (Å²) in [5, 5.41) is 0. The fourth-order valence-electron chi connectivity index (χ4n) is 1.76. The standard InChI is InChI=1S/C15H12F2O3/c1-19-14-5-3-2-4-11(14)9-20-15-12(16)6-10(8-18)7-13(15)17/h2-8H,9H2,1H3. The number of ether oxygens (including phenoxy) is 2. The molecule has 3 nitrogen and oxygen atoms in total. The first kappa shape index (κ1) is 14.0. The molecular weight excluding hydrogens is 266 g/mol. The summed E-state index contributed by atoms with van der Waals surface area (Å²) in [6, 6.07) is 8.85. The van der Waals surface area contributed by atoms with E-state index in [1.54, 1.807) is 24.3 Å². The van der Waals surface area contributed by atoms with Crippen LogP contribution >= 0.6 is 0 Å². The molecule has 0 fully saturated rings. The second-order valence-electron chi connectivity index (χ2n) is 4.03. The highest BCUT2D eigenvalue weighted by Crippen LogP contribution is 2.25. The van der Waals surface area contributed by atoms with Gasteiger partial charge in [0.25, 0.3) is 0 Å². The largest absolute Gasteiger partial charge is 0.496 e. The lowest BCUT2D eigenvalue weighted by Crippen LogP contribution is -2.02. The van der Waals surface area contributed by atoms with Crippen molar-refractivity contribution in [1.29, 1.82) is 0 Å². The van der Waals surface area contributed by atoms with Gasteiger partial charge in [-0.15, -0.1) is 0 Å². The molecule has 0 bridgehead atoms. The second kappa shape index (κ2) is 6.14. The van der Waals surface area contributed by atoms with Gasteiger partial charge in [0.2, 0.25) is 0 Å². The van der Waals surface area contributed by atoms with Crippen molar-refractivity contribution in [3.63, 3.8) is 0 Å². The first-order chi connectivity index (χ1) is 9.65. The van der Waals surface area contributed by atoms with Crippen LogP contribution in [0.3, 0.4) is 0 Å². The molecule has 0 radical (unpaired) electrons. The Balaban J connectivity index is 2.21. The van der Waals surface area contributed by atoms with Crippen molar-refractivity contribution >= 4 is 6.29 Å². The predicted molar refractivity (Wildman–Crippen MR) is 69.1 cm³/mol. The molecule has 0 aliphatic heterocycles. The Labute approximate surface area is 114 Å². The number of hydrogen-bond acceptors (Lipinski definition) is 3. The summed E-state index contributed by atoms with van der Waals surface area (Å²) in [7, 11) is 1.50. The van der Waals surface area contributed by atoms with Crippen molar-refractivity contribution in [3.8, 4) is 11.5 Å². The topological polar surface area (TPSA) is 35.5 Å². The van der Waals surface area contributed by atoms with E-state index in [2.05, 4.69) is 0 Å². The van der Waals surface area contributed by atoms with E-state index in [0.717, 1.165) is 12.1 Å². The lowest BCUT2D eigenvalue weighted by molar-refractivity contribution is 0.112. The molecule has 0 unspecified atom stereocenters. The third-order valence-corrected chi connectivity index (χ3v) is 2.72. The molecule has 104 valence electrons. The van der Waals surface area contributed by atoms with Gasteiger partial charge in [-0.2, -0.15) is 0 Å². The van der Waals surface area contributed by atoms with E-state index in [1.165, 1.54) is 7.11 Å². The summed E-state index contributed by atoms with van der Waals surface area (Å²) < 4.78 is 37.5. The van der Waals surface area contributed by atoms with Gasteiger partial charge in [-0.05, 0) is 18.2 Å². The van der Waals surface area contributed by atoms with Gasteiger partial charge >= 0.3 is 0 Å². The average molecular weight is 278 g/mol. The van der Waals surface area contributed by atoms with Crippen molar-refractivity contribution in [1.82, 2.24) is 0 Å². The van der Waals surface area contributed by atoms with Crippen LogP contribution in [0.15, 0.2) is 36.4 Å². The van der Waals surface area contributed by atoms with E-state index < -0.39 is 17.4 Å². The number of hydrogen-bond donors (Lipinski definition) is 0. The van der Waals surface area contributed by atoms with Gasteiger partial charge in [0.1, 0.15) is 18.6 Å². The molecule has 0 saturated heterocycles. The summed E-state index contributed by atoms with van der Waals surface area (Å²) in [6.07, 6.45) is 0.371. The number of benzene rings is 2. The highest BCUT2D eigenvalue weighted by atomic mass is 19.1. The number of carbonyl (C=O) groups excluding carboxylic acids is 1. The molecule has 0 aliphatic carbocycles. The molecule has 2 rings (SSSR count). The highest BCUT2D eigenvalue weighted by Gasteiger charge is 2.13. The van der Waals surface area contributed by atoms with Crippen LogP contribution in [-0.4, -0.2) is 13.4 Å². The first-order valence-corrected chi connectivity index (χ1v) is 5.84. The quantitative estimate of drug-likeness (QED) is 0.787. The third-order valence-electron chi connectivity index (χ3n) is 2.72. The van der Waals surface area contributed by atoms with Crippen LogP contribution in [-0.2, 0) is 6.61 Å². The molecule has 0 amide bonds. The van der Waals surface area contributed by atoms with E-state index >= 15 is 0 Å². The minimum Gasteiger partial charge on any atom is -0.496 e. The fraction of sp³-hybridized carbons (Fsp3) is 0.133. The Morgan fingerprint density at radius 2 is 1.80 bits per heavy atom. The minimum atomic E-state index is -0.915. The van der Waals surface area contributed by atoms with Crippen LogP contribution in [0.5, 0.6) is 11.5 Å². The van der Waals surface area contributed by atoms with E-state index in [0.29, 0.717) is 17.6 Å². The van der Waals surface area contributed by atoms with E-state index in [1.807, 2.05) is 0 Å². The second-order valence-corrected chi connectivity index (χ2v) is 4.03. The Morgan fingerprint density at radius 1 is 1.15 bits per heavy atom. The number of aldehydes is 1. The van der Waals surface area contributed by atoms with Gasteiger partial charge in [0.05, 0.1) is 7.11 Å². The number of halogens is 2. The molecule has 20 heavy (non-hydrogen) atoms. The van der Waals surface area contributed by atoms with Gasteiger partial charge in [0, 0.05) is 11.1 Å². The fourth-order valence-corrected chi connectivity index (χ4v) is 1.76. The van der Waals surface area contributed by atoms with Crippen LogP contribution in [0.1, 0.15) is 15.9 Å². The lowest BCUT2D eigenvalue weighted by Gasteiger charge is -2.11. The summed E-state index contributed by atoms with van der Waals surface area (Å²) in [5.74, 6) is -1.77. The SMILES string of the molecule is COc1ccccc1COc1c(F)cc(C=O)cc1F. The van der Waals surface area contributed by atoms with Gasteiger partial charge in [-0.3, -0.25) is 4.79 Å². The summed E-state index contributed by atoms with van der Waals surface area (Å²) >= 11 is 0. The Bertz CT molecular complexity index is 603. The van der Waals surface area contributed by atoms with Crippen molar-refractivity contribution < 1.29 is 23.0 Å². The maximum absolute atomic E-state index is 13.6. The van der Waals surface area contributed by atoms with Gasteiger partial charge in [-0.1, -0.05) is 18.2 Å². The molecule has 0 aromatic heterocycles. The molecule has 0 spiro atoms. The van der Waals surface area contributed by atoms with Crippen LogP contribution < -0.4 is 9.47 Å². The summed E-state index contributed by atoms with van der Waals surface area (Å²) in [4.78, 5) is 10.5. The number of rotatable bonds is 5. The zero-order valence-corrected chi connectivity index (χ0v) is 10.7. The maximum Gasteiger partial charge on any atom is 0.191 e. The van der Waals surface area contributed by atoms with Crippen molar-refractivity contribution in [2.75, 3.05) is 7.11 Å². The molecule has 2 aromatic carbocycles. The first-order valence-electron chi connectivity index (χ1n) is 5.84. The van der Waals surface area contributed by atoms with E-state index in [4.69, 9.17) is 9.47 Å². The molecule has 0 saturated carbocycles. The third kappa shape index (κ3) is 2.93.